The Balaban J connectivity index is 2.07. The largest absolute Gasteiger partial charge is 0.355 e. The molecule has 1 fully saturated rings. The Morgan fingerprint density at radius 2 is 2.23 bits per heavy atom. The number of hydrogen-bond donors (Lipinski definition) is 2. The topological polar surface area (TPSA) is 75.4 Å². The van der Waals surface area contributed by atoms with Crippen LogP contribution in [0.2, 0.25) is 0 Å². The summed E-state index contributed by atoms with van der Waals surface area (Å²) in [5, 5.41) is 2.76. The number of nitrogens with two attached hydrogens (primary N) is 1. The number of halogens is 1. The quantitative estimate of drug-likeness (QED) is 0.873. The van der Waals surface area contributed by atoms with Crippen molar-refractivity contribution in [2.75, 3.05) is 26.2 Å². The smallest absolute Gasteiger partial charge is 0.254 e. The van der Waals surface area contributed by atoms with Gasteiger partial charge >= 0.3 is 0 Å². The van der Waals surface area contributed by atoms with E-state index in [4.69, 9.17) is 5.73 Å². The molecule has 0 radical (unpaired) electrons. The van der Waals surface area contributed by atoms with Crippen LogP contribution in [-0.4, -0.2) is 42.9 Å². The van der Waals surface area contributed by atoms with Crippen LogP contribution in [0.3, 0.4) is 0 Å². The Kier molecular flexibility index (Phi) is 5.49. The Labute approximate surface area is 129 Å². The predicted molar refractivity (Wildman–Crippen MR) is 81.8 cm³/mol. The molecule has 1 aromatic carbocycles. The molecule has 5 nitrogen and oxygen atoms in total. The fraction of sp³-hybridized carbons (Fsp3) is 0.500. The van der Waals surface area contributed by atoms with Gasteiger partial charge < -0.3 is 16.0 Å². The molecule has 2 rings (SSSR count). The molecule has 1 saturated heterocycles. The van der Waals surface area contributed by atoms with Crippen molar-refractivity contribution in [3.8, 4) is 0 Å². The summed E-state index contributed by atoms with van der Waals surface area (Å²) in [5.74, 6) is -0.937. The van der Waals surface area contributed by atoms with E-state index < -0.39 is 5.82 Å². The predicted octanol–water partition coefficient (Wildman–Crippen LogP) is 1.06. The van der Waals surface area contributed by atoms with Crippen molar-refractivity contribution in [3.05, 3.63) is 35.1 Å². The van der Waals surface area contributed by atoms with Gasteiger partial charge in [-0.1, -0.05) is 6.07 Å². The number of nitrogens with one attached hydrogen (secondary N) is 1. The third-order valence-electron chi connectivity index (χ3n) is 3.95. The lowest BCUT2D eigenvalue weighted by atomic mass is 9.96. The van der Waals surface area contributed by atoms with E-state index in [0.717, 1.165) is 18.4 Å². The van der Waals surface area contributed by atoms with Gasteiger partial charge in [0.2, 0.25) is 5.91 Å². The fourth-order valence-electron chi connectivity index (χ4n) is 2.71. The second-order valence-electron chi connectivity index (χ2n) is 5.63. The average Bonchev–Trinajstić information content (AvgIpc) is 2.54. The van der Waals surface area contributed by atoms with E-state index in [0.29, 0.717) is 31.7 Å². The maximum absolute atomic E-state index is 13.4. The van der Waals surface area contributed by atoms with Crippen LogP contribution in [0.25, 0.3) is 0 Å². The van der Waals surface area contributed by atoms with Crippen molar-refractivity contribution in [1.29, 1.82) is 0 Å². The molecule has 1 aromatic rings. The third-order valence-corrected chi connectivity index (χ3v) is 3.95. The van der Waals surface area contributed by atoms with E-state index in [1.807, 2.05) is 0 Å². The summed E-state index contributed by atoms with van der Waals surface area (Å²) in [6, 6.07) is 4.19. The number of aryl methyl sites for hydroxylation is 1. The maximum atomic E-state index is 13.4. The first-order valence-corrected chi connectivity index (χ1v) is 7.56. The molecule has 0 aromatic heterocycles. The van der Waals surface area contributed by atoms with Crippen LogP contribution in [0.4, 0.5) is 4.39 Å². The highest BCUT2D eigenvalue weighted by atomic mass is 19.1. The average molecular weight is 307 g/mol. The van der Waals surface area contributed by atoms with Crippen LogP contribution in [-0.2, 0) is 4.79 Å². The molecule has 1 aliphatic rings. The van der Waals surface area contributed by atoms with Gasteiger partial charge in [-0.05, 0) is 37.5 Å². The van der Waals surface area contributed by atoms with Crippen molar-refractivity contribution >= 4 is 11.8 Å². The summed E-state index contributed by atoms with van der Waals surface area (Å²) < 4.78 is 13.4. The summed E-state index contributed by atoms with van der Waals surface area (Å²) in [7, 11) is 0. The molecule has 0 spiro atoms. The molecule has 1 unspecified atom stereocenters. The summed E-state index contributed by atoms with van der Waals surface area (Å²) in [6.07, 6.45) is 1.52. The van der Waals surface area contributed by atoms with E-state index in [2.05, 4.69) is 5.32 Å². The molecule has 0 aliphatic carbocycles. The molecular weight excluding hydrogens is 285 g/mol. The van der Waals surface area contributed by atoms with Gasteiger partial charge in [-0.15, -0.1) is 0 Å². The van der Waals surface area contributed by atoms with Crippen LogP contribution >= 0.6 is 0 Å². The number of carbonyl (C=O) groups is 2. The fourth-order valence-corrected chi connectivity index (χ4v) is 2.71. The third kappa shape index (κ3) is 3.82. The van der Waals surface area contributed by atoms with Crippen molar-refractivity contribution in [2.45, 2.75) is 19.8 Å². The second-order valence-corrected chi connectivity index (χ2v) is 5.63. The van der Waals surface area contributed by atoms with E-state index in [1.54, 1.807) is 17.9 Å². The van der Waals surface area contributed by atoms with Gasteiger partial charge in [0.15, 0.2) is 0 Å². The van der Waals surface area contributed by atoms with E-state index in [9.17, 15) is 14.0 Å². The molecule has 1 aliphatic heterocycles. The summed E-state index contributed by atoms with van der Waals surface area (Å²) in [4.78, 5) is 26.2. The molecule has 6 heteroatoms. The van der Waals surface area contributed by atoms with Crippen LogP contribution in [0, 0.1) is 18.7 Å². The zero-order valence-corrected chi connectivity index (χ0v) is 12.8. The summed E-state index contributed by atoms with van der Waals surface area (Å²) in [6.45, 7) is 3.57. The van der Waals surface area contributed by atoms with Crippen molar-refractivity contribution in [3.63, 3.8) is 0 Å². The van der Waals surface area contributed by atoms with Gasteiger partial charge in [-0.2, -0.15) is 0 Å². The summed E-state index contributed by atoms with van der Waals surface area (Å²) in [5.41, 5.74) is 6.47. The number of carbonyl (C=O) groups excluding carboxylic acids is 2. The molecular formula is C16H22FN3O2. The van der Waals surface area contributed by atoms with Gasteiger partial charge in [-0.3, -0.25) is 9.59 Å². The van der Waals surface area contributed by atoms with Crippen LogP contribution in [0.5, 0.6) is 0 Å². The molecule has 22 heavy (non-hydrogen) atoms. The highest BCUT2D eigenvalue weighted by molar-refractivity contribution is 5.96. The number of likely N-dealkylation sites (tertiary alicyclic amines) is 1. The van der Waals surface area contributed by atoms with E-state index in [1.165, 1.54) is 12.1 Å². The van der Waals surface area contributed by atoms with Gasteiger partial charge in [0.05, 0.1) is 5.92 Å². The lowest BCUT2D eigenvalue weighted by molar-refractivity contribution is -0.126. The first-order valence-electron chi connectivity index (χ1n) is 7.56. The highest BCUT2D eigenvalue weighted by Gasteiger charge is 2.29. The number of benzene rings is 1. The first-order chi connectivity index (χ1) is 10.5. The van der Waals surface area contributed by atoms with E-state index in [-0.39, 0.29) is 17.7 Å². The highest BCUT2D eigenvalue weighted by Crippen LogP contribution is 2.20. The number of amides is 2. The molecule has 1 atom stereocenters. The molecule has 2 amide bonds. The van der Waals surface area contributed by atoms with Gasteiger partial charge in [0.1, 0.15) is 5.82 Å². The van der Waals surface area contributed by atoms with Crippen LogP contribution in [0.1, 0.15) is 28.8 Å². The minimum absolute atomic E-state index is 0.0704. The normalized spacial score (nSPS) is 18.1. The van der Waals surface area contributed by atoms with Crippen molar-refractivity contribution in [1.82, 2.24) is 10.2 Å². The Bertz CT molecular complexity index is 562. The molecule has 0 bridgehead atoms. The Morgan fingerprint density at radius 3 is 2.95 bits per heavy atom. The lowest BCUT2D eigenvalue weighted by Crippen LogP contribution is -2.46. The minimum Gasteiger partial charge on any atom is -0.355 e. The Hall–Kier alpha value is -1.95. The monoisotopic (exact) mass is 307 g/mol. The number of hydrogen-bond acceptors (Lipinski definition) is 3. The van der Waals surface area contributed by atoms with Crippen LogP contribution < -0.4 is 11.1 Å². The standard InChI is InChI=1S/C16H22FN3O2/c1-11-4-5-13(17)9-14(11)16(22)20-8-2-3-12(10-20)15(21)19-7-6-18/h4-5,9,12H,2-3,6-8,10,18H2,1H3,(H,19,21). The first kappa shape index (κ1) is 16.4. The van der Waals surface area contributed by atoms with Gasteiger partial charge in [-0.25, -0.2) is 4.39 Å². The van der Waals surface area contributed by atoms with Crippen molar-refractivity contribution < 1.29 is 14.0 Å². The lowest BCUT2D eigenvalue weighted by Gasteiger charge is -2.32. The number of nitrogens with zero attached hydrogens (tertiary/aromatic N) is 1. The zero-order valence-electron chi connectivity index (χ0n) is 12.8. The number of piperidine rings is 1. The SMILES string of the molecule is Cc1ccc(F)cc1C(=O)N1CCCC(C(=O)NCCN)C1. The molecule has 120 valence electrons. The second kappa shape index (κ2) is 7.35. The molecule has 1 heterocycles. The van der Waals surface area contributed by atoms with E-state index >= 15 is 0 Å². The Morgan fingerprint density at radius 1 is 1.45 bits per heavy atom. The zero-order chi connectivity index (χ0) is 16.1. The molecule has 3 N–H and O–H groups in total. The van der Waals surface area contributed by atoms with Gasteiger partial charge in [0, 0.05) is 31.7 Å². The molecule has 0 saturated carbocycles. The van der Waals surface area contributed by atoms with Gasteiger partial charge in [0.25, 0.3) is 5.91 Å². The van der Waals surface area contributed by atoms with Crippen molar-refractivity contribution in [2.24, 2.45) is 11.7 Å². The summed E-state index contributed by atoms with van der Waals surface area (Å²) >= 11 is 0. The number of rotatable bonds is 4. The van der Waals surface area contributed by atoms with Crippen LogP contribution in [0.15, 0.2) is 18.2 Å². The maximum Gasteiger partial charge on any atom is 0.254 e. The minimum atomic E-state index is -0.428.